The molecule has 2 aliphatic rings. The van der Waals surface area contributed by atoms with Gasteiger partial charge in [0.2, 0.25) is 0 Å². The van der Waals surface area contributed by atoms with Crippen LogP contribution in [0.25, 0.3) is 0 Å². The maximum absolute atomic E-state index is 13.5. The first kappa shape index (κ1) is 26.6. The summed E-state index contributed by atoms with van der Waals surface area (Å²) in [7, 11) is 3.63. The molecule has 1 N–H and O–H groups in total. The Morgan fingerprint density at radius 2 is 1.82 bits per heavy atom. The van der Waals surface area contributed by atoms with Gasteiger partial charge in [-0.1, -0.05) is 6.07 Å². The summed E-state index contributed by atoms with van der Waals surface area (Å²) in [4.78, 5) is 35.7. The number of halogens is 1. The summed E-state index contributed by atoms with van der Waals surface area (Å²) in [6, 6.07) is 11.5. The zero-order valence-electron chi connectivity index (χ0n) is 22.3. The quantitative estimate of drug-likeness (QED) is 0.476. The number of rotatable bonds is 7. The number of amides is 2. The van der Waals surface area contributed by atoms with Gasteiger partial charge in [0.05, 0.1) is 17.7 Å². The van der Waals surface area contributed by atoms with Gasteiger partial charge in [0.15, 0.2) is 5.75 Å². The van der Waals surface area contributed by atoms with E-state index in [9.17, 15) is 19.2 Å². The van der Waals surface area contributed by atoms with E-state index in [0.29, 0.717) is 24.6 Å². The van der Waals surface area contributed by atoms with Crippen molar-refractivity contribution in [1.82, 2.24) is 14.7 Å². The van der Waals surface area contributed by atoms with Crippen molar-refractivity contribution in [3.05, 3.63) is 76.2 Å². The molecule has 0 bridgehead atoms. The van der Waals surface area contributed by atoms with Gasteiger partial charge in [0.1, 0.15) is 29.1 Å². The normalized spacial score (nSPS) is 15.7. The molecule has 0 aliphatic carbocycles. The van der Waals surface area contributed by atoms with Crippen molar-refractivity contribution in [2.24, 2.45) is 0 Å². The predicted octanol–water partition coefficient (Wildman–Crippen LogP) is 4.46. The second kappa shape index (κ2) is 11.0. The van der Waals surface area contributed by atoms with Crippen LogP contribution in [0.3, 0.4) is 0 Å². The van der Waals surface area contributed by atoms with Crippen molar-refractivity contribution in [2.75, 3.05) is 27.2 Å². The number of carbonyl (C=O) groups is 2. The zero-order chi connectivity index (χ0) is 27.7. The van der Waals surface area contributed by atoms with E-state index in [4.69, 9.17) is 9.15 Å². The Kier molecular flexibility index (Phi) is 7.47. The monoisotopic (exact) mass is 537 g/mol. The number of nitrogens with zero attached hydrogens (tertiary/aromatic N) is 3. The number of hydrogen-bond donors (Lipinski definition) is 1. The van der Waals surface area contributed by atoms with E-state index in [1.54, 1.807) is 24.0 Å². The molecule has 3 aromatic rings. The van der Waals surface area contributed by atoms with Gasteiger partial charge in [0, 0.05) is 43.8 Å². The highest BCUT2D eigenvalue weighted by Crippen LogP contribution is 2.34. The maximum Gasteiger partial charge on any atom is 0.258 e. The summed E-state index contributed by atoms with van der Waals surface area (Å²) in [5, 5.41) is 10.5. The third-order valence-corrected chi connectivity index (χ3v) is 7.33. The van der Waals surface area contributed by atoms with Crippen LogP contribution in [0.1, 0.15) is 56.2 Å². The molecule has 1 fully saturated rings. The molecule has 0 radical (unpaired) electrons. The lowest BCUT2D eigenvalue weighted by atomic mass is 10.1. The Bertz CT molecular complexity index is 1380. The molecule has 2 aliphatic heterocycles. The van der Waals surface area contributed by atoms with Crippen LogP contribution in [0.15, 0.2) is 46.9 Å². The fourth-order valence-electron chi connectivity index (χ4n) is 5.11. The van der Waals surface area contributed by atoms with Gasteiger partial charge in [-0.15, -0.1) is 0 Å². The SMILES string of the molecule is Cc1ccc(CN(C)C(=O)c2cc(C(=O)N3Cc4ccc(OC5CCN(C)CC5)cc4C3)c(O)cc2OF)o1. The third kappa shape index (κ3) is 5.70. The van der Waals surface area contributed by atoms with Gasteiger partial charge < -0.3 is 29.0 Å². The van der Waals surface area contributed by atoms with Crippen molar-refractivity contribution in [3.8, 4) is 17.2 Å². The highest BCUT2D eigenvalue weighted by atomic mass is 19.3. The van der Waals surface area contributed by atoms with Crippen LogP contribution in [-0.2, 0) is 19.6 Å². The number of phenolic OH excluding ortho intramolecular Hbond substituents is 1. The van der Waals surface area contributed by atoms with Gasteiger partial charge in [-0.3, -0.25) is 14.5 Å². The number of ether oxygens (including phenoxy) is 1. The Balaban J connectivity index is 1.31. The van der Waals surface area contributed by atoms with Gasteiger partial charge >= 0.3 is 0 Å². The lowest BCUT2D eigenvalue weighted by Crippen LogP contribution is -2.35. The third-order valence-electron chi connectivity index (χ3n) is 7.33. The fraction of sp³-hybridized carbons (Fsp3) is 0.379. The minimum Gasteiger partial charge on any atom is -0.507 e. The highest BCUT2D eigenvalue weighted by Gasteiger charge is 2.30. The predicted molar refractivity (Wildman–Crippen MR) is 140 cm³/mol. The van der Waals surface area contributed by atoms with E-state index < -0.39 is 23.3 Å². The van der Waals surface area contributed by atoms with Crippen LogP contribution in [0.4, 0.5) is 4.53 Å². The summed E-state index contributed by atoms with van der Waals surface area (Å²) >= 11 is 0. The van der Waals surface area contributed by atoms with Crippen molar-refractivity contribution < 1.29 is 33.3 Å². The van der Waals surface area contributed by atoms with E-state index in [2.05, 4.69) is 16.9 Å². The molecule has 0 saturated carbocycles. The number of benzene rings is 2. The minimum atomic E-state index is -0.592. The number of piperidine rings is 1. The van der Waals surface area contributed by atoms with Gasteiger partial charge in [-0.2, -0.15) is 0 Å². The number of hydrogen-bond acceptors (Lipinski definition) is 7. The van der Waals surface area contributed by atoms with E-state index in [0.717, 1.165) is 48.9 Å². The highest BCUT2D eigenvalue weighted by molar-refractivity contribution is 6.03. The Morgan fingerprint density at radius 3 is 2.51 bits per heavy atom. The topological polar surface area (TPSA) is 95.7 Å². The van der Waals surface area contributed by atoms with Gasteiger partial charge in [-0.25, -0.2) is 0 Å². The molecule has 10 heteroatoms. The lowest BCUT2D eigenvalue weighted by molar-refractivity contribution is -0.00778. The Morgan fingerprint density at radius 1 is 1.08 bits per heavy atom. The standard InChI is InChI=1S/C29H32FN3O6/c1-18-4-6-23(37-18)17-32(3)28(35)25-13-24(26(34)14-27(25)39-30)29(36)33-15-19-5-7-22(12-20(19)16-33)38-21-8-10-31(2)11-9-21/h4-7,12-14,21,34H,8-11,15-17H2,1-3H3. The largest absolute Gasteiger partial charge is 0.507 e. The summed E-state index contributed by atoms with van der Waals surface area (Å²) in [5.41, 5.74) is 1.64. The molecule has 1 aromatic heterocycles. The van der Waals surface area contributed by atoms with Gasteiger partial charge in [-0.05, 0) is 68.3 Å². The summed E-state index contributed by atoms with van der Waals surface area (Å²) in [6.45, 7) is 4.57. The van der Waals surface area contributed by atoms with E-state index in [1.165, 1.54) is 18.0 Å². The molecule has 5 rings (SSSR count). The van der Waals surface area contributed by atoms with Crippen LogP contribution in [0.5, 0.6) is 17.2 Å². The number of fused-ring (bicyclic) bond motifs is 1. The molecule has 2 amide bonds. The number of aromatic hydroxyl groups is 1. The Hall–Kier alpha value is -4.05. The molecule has 0 spiro atoms. The van der Waals surface area contributed by atoms with Gasteiger partial charge in [0.25, 0.3) is 11.8 Å². The average Bonchev–Trinajstić information content (AvgIpc) is 3.54. The lowest BCUT2D eigenvalue weighted by Gasteiger charge is -2.29. The van der Waals surface area contributed by atoms with Crippen molar-refractivity contribution in [2.45, 2.75) is 45.5 Å². The fourth-order valence-corrected chi connectivity index (χ4v) is 5.11. The molecule has 0 unspecified atom stereocenters. The number of phenols is 1. The smallest absolute Gasteiger partial charge is 0.258 e. The van der Waals surface area contributed by atoms with Crippen LogP contribution in [-0.4, -0.2) is 64.9 Å². The molecule has 9 nitrogen and oxygen atoms in total. The van der Waals surface area contributed by atoms with E-state index in [-0.39, 0.29) is 23.8 Å². The van der Waals surface area contributed by atoms with Crippen molar-refractivity contribution in [3.63, 3.8) is 0 Å². The zero-order valence-corrected chi connectivity index (χ0v) is 22.3. The molecule has 3 heterocycles. The van der Waals surface area contributed by atoms with Crippen LogP contribution in [0.2, 0.25) is 0 Å². The summed E-state index contributed by atoms with van der Waals surface area (Å²) in [5.74, 6) is -0.00456. The maximum atomic E-state index is 13.5. The van der Waals surface area contributed by atoms with Crippen molar-refractivity contribution in [1.29, 1.82) is 0 Å². The number of carbonyl (C=O) groups excluding carboxylic acids is 2. The first-order chi connectivity index (χ1) is 18.7. The number of likely N-dealkylation sites (tertiary alicyclic amines) is 1. The Labute approximate surface area is 226 Å². The second-order valence-corrected chi connectivity index (χ2v) is 10.3. The van der Waals surface area contributed by atoms with Crippen LogP contribution >= 0.6 is 0 Å². The molecular formula is C29H32FN3O6. The molecular weight excluding hydrogens is 505 g/mol. The second-order valence-electron chi connectivity index (χ2n) is 10.3. The molecule has 39 heavy (non-hydrogen) atoms. The summed E-state index contributed by atoms with van der Waals surface area (Å²) in [6.07, 6.45) is 2.10. The molecule has 206 valence electrons. The number of aryl methyl sites for hydroxylation is 1. The van der Waals surface area contributed by atoms with Crippen LogP contribution < -0.4 is 9.68 Å². The average molecular weight is 538 g/mol. The first-order valence-electron chi connectivity index (χ1n) is 12.9. The van der Waals surface area contributed by atoms with E-state index >= 15 is 0 Å². The van der Waals surface area contributed by atoms with Crippen LogP contribution in [0, 0.1) is 6.92 Å². The summed E-state index contributed by atoms with van der Waals surface area (Å²) < 4.78 is 25.1. The molecule has 1 saturated heterocycles. The number of furan rings is 1. The molecule has 0 atom stereocenters. The molecule has 2 aromatic carbocycles. The minimum absolute atomic E-state index is 0.114. The van der Waals surface area contributed by atoms with E-state index in [1.807, 2.05) is 18.2 Å². The first-order valence-corrected chi connectivity index (χ1v) is 12.9. The van der Waals surface area contributed by atoms with Crippen molar-refractivity contribution >= 4 is 11.8 Å².